The van der Waals surface area contributed by atoms with Gasteiger partial charge in [-0.15, -0.1) is 0 Å². The van der Waals surface area contributed by atoms with E-state index < -0.39 is 0 Å². The first-order valence-electron chi connectivity index (χ1n) is 0.154. The monoisotopic (exact) mass is 296 g/mol. The summed E-state index contributed by atoms with van der Waals surface area (Å²) in [6.07, 6.45) is 0. The van der Waals surface area contributed by atoms with Crippen LogP contribution in [0.5, 0.6) is 0 Å². The minimum absolute atomic E-state index is 0. The zero-order chi connectivity index (χ0) is 2.00. The van der Waals surface area contributed by atoms with Gasteiger partial charge in [0.05, 0.1) is 0 Å². The molecule has 4 heavy (non-hydrogen) atoms. The van der Waals surface area contributed by atoms with E-state index in [9.17, 15) is 0 Å². The van der Waals surface area contributed by atoms with E-state index >= 15 is 0 Å². The zero-order valence-electron chi connectivity index (χ0n) is 1.64. The van der Waals surface area contributed by atoms with Gasteiger partial charge >= 0.3 is 52.7 Å². The van der Waals surface area contributed by atoms with Crippen LogP contribution in [-0.2, 0) is 5.48 Å². The van der Waals surface area contributed by atoms with Crippen molar-refractivity contribution >= 4 is 52.7 Å². The molecule has 0 aliphatic carbocycles. The van der Waals surface area contributed by atoms with E-state index in [1.165, 1.54) is 0 Å². The Kier molecular flexibility index (Phi) is 92.2. The van der Waals surface area contributed by atoms with E-state index in [0.717, 1.165) is 0 Å². The van der Waals surface area contributed by atoms with Crippen LogP contribution in [0.25, 0.3) is 0 Å². The Labute approximate surface area is 57.8 Å². The quantitative estimate of drug-likeness (QED) is 0.562. The van der Waals surface area contributed by atoms with Gasteiger partial charge in [-0.2, -0.15) is 0 Å². The minimum atomic E-state index is 0. The Bertz CT molecular complexity index is 8.00. The summed E-state index contributed by atoms with van der Waals surface area (Å²) in [5.41, 5.74) is 0. The second-order valence-electron chi connectivity index (χ2n) is 0. The Morgan fingerprint density at radius 3 is 1.25 bits per heavy atom. The van der Waals surface area contributed by atoms with Crippen LogP contribution in [0.15, 0.2) is 0 Å². The number of hydrogen-bond donors (Lipinski definition) is 0. The summed E-state index contributed by atoms with van der Waals surface area (Å²) in [5.74, 6) is 0. The molecule has 1 nitrogen and oxygen atoms in total. The maximum atomic E-state index is 2.81. The molecular weight excluding hydrogens is 297 g/mol. The Balaban J connectivity index is -0.00000000500. The summed E-state index contributed by atoms with van der Waals surface area (Å²) in [5, 5.41) is 0. The van der Waals surface area contributed by atoms with E-state index in [0.29, 0.717) is 0 Å². The van der Waals surface area contributed by atoms with Gasteiger partial charge in [0.2, 0.25) is 0 Å². The fraction of sp³-hybridized carbons (Fsp3) is 0. The standard InChI is InChI=1S/BrSe.O.Sb/c1-2;;/q-1;-2;+3. The van der Waals surface area contributed by atoms with Crippen LogP contribution < -0.4 is 0 Å². The summed E-state index contributed by atoms with van der Waals surface area (Å²) in [6.45, 7) is 0. The molecule has 0 aromatic heterocycles. The Hall–Kier alpha value is 1.78. The molecular formula is BrOSbSe. The molecule has 0 fully saturated rings. The second-order valence-corrected chi connectivity index (χ2v) is 0. The predicted molar refractivity (Wildman–Crippen MR) is 21.1 cm³/mol. The van der Waals surface area contributed by atoms with Gasteiger partial charge in [-0.05, 0) is 0 Å². The molecule has 0 unspecified atom stereocenters. The van der Waals surface area contributed by atoms with Gasteiger partial charge in [-0.25, -0.2) is 0 Å². The molecule has 0 N–H and O–H groups in total. The van der Waals surface area contributed by atoms with Crippen molar-refractivity contribution in [2.75, 3.05) is 0 Å². The molecule has 0 aromatic carbocycles. The molecule has 0 saturated carbocycles. The van der Waals surface area contributed by atoms with Crippen LogP contribution >= 0.6 is 14.1 Å². The predicted octanol–water partition coefficient (Wildman–Crippen LogP) is -0.0348. The summed E-state index contributed by atoms with van der Waals surface area (Å²) in [4.78, 5) is 0. The molecule has 0 heterocycles. The first-order chi connectivity index (χ1) is 1.00. The van der Waals surface area contributed by atoms with Crippen molar-refractivity contribution in [1.82, 2.24) is 0 Å². The molecule has 0 rings (SSSR count). The van der Waals surface area contributed by atoms with E-state index in [-0.39, 0.29) is 29.9 Å². The summed E-state index contributed by atoms with van der Waals surface area (Å²) >= 11 is 5.25. The molecule has 0 spiro atoms. The van der Waals surface area contributed by atoms with E-state index in [1.807, 2.05) is 0 Å². The van der Waals surface area contributed by atoms with Crippen LogP contribution in [0.2, 0.25) is 0 Å². The molecule has 2 radical (unpaired) electrons. The summed E-state index contributed by atoms with van der Waals surface area (Å²) in [7, 11) is 0. The van der Waals surface area contributed by atoms with Gasteiger partial charge in [0.25, 0.3) is 0 Å². The molecule has 0 bridgehead atoms. The molecule has 0 aliphatic heterocycles. The summed E-state index contributed by atoms with van der Waals surface area (Å²) < 4.78 is 0. The molecule has 0 saturated heterocycles. The average molecular weight is 297 g/mol. The van der Waals surface area contributed by atoms with Crippen molar-refractivity contribution in [2.45, 2.75) is 0 Å². The van der Waals surface area contributed by atoms with Crippen LogP contribution in [0.3, 0.4) is 0 Å². The van der Waals surface area contributed by atoms with E-state index in [2.05, 4.69) is 28.3 Å². The summed E-state index contributed by atoms with van der Waals surface area (Å²) in [6, 6.07) is 0. The first kappa shape index (κ1) is 17.1. The van der Waals surface area contributed by atoms with Gasteiger partial charge < -0.3 is 5.48 Å². The topological polar surface area (TPSA) is 28.5 Å². The third-order valence-corrected chi connectivity index (χ3v) is 0. The van der Waals surface area contributed by atoms with Gasteiger partial charge in [0.15, 0.2) is 0 Å². The number of rotatable bonds is 0. The van der Waals surface area contributed by atoms with Gasteiger partial charge in [-0.1, -0.05) is 0 Å². The zero-order valence-corrected chi connectivity index (χ0v) is 7.49. The first-order valence-corrected chi connectivity index (χ1v) is 4.17. The molecule has 24 valence electrons. The molecule has 0 aromatic rings. The van der Waals surface area contributed by atoms with Gasteiger partial charge in [0, 0.05) is 0 Å². The van der Waals surface area contributed by atoms with Crippen molar-refractivity contribution in [1.29, 1.82) is 0 Å². The van der Waals surface area contributed by atoms with Gasteiger partial charge in [0.1, 0.15) is 0 Å². The molecule has 0 amide bonds. The van der Waals surface area contributed by atoms with Crippen LogP contribution in [-0.4, -0.2) is 38.6 Å². The molecule has 4 heteroatoms. The van der Waals surface area contributed by atoms with Crippen LogP contribution in [0.1, 0.15) is 0 Å². The van der Waals surface area contributed by atoms with E-state index in [1.54, 1.807) is 0 Å². The SMILES string of the molecule is [O-2].[Sb+3].[Se-]Br. The van der Waals surface area contributed by atoms with Crippen molar-refractivity contribution in [3.8, 4) is 0 Å². The number of hydrogen-bond acceptors (Lipinski definition) is 0. The van der Waals surface area contributed by atoms with Gasteiger partial charge in [-0.3, -0.25) is 0 Å². The fourth-order valence-corrected chi connectivity index (χ4v) is 0. The second kappa shape index (κ2) is 21.6. The molecule has 0 aliphatic rings. The van der Waals surface area contributed by atoms with E-state index in [4.69, 9.17) is 0 Å². The fourth-order valence-electron chi connectivity index (χ4n) is 0. The number of halogens is 1. The average Bonchev–Trinajstić information content (AvgIpc) is 1.00. The van der Waals surface area contributed by atoms with Crippen molar-refractivity contribution in [3.63, 3.8) is 0 Å². The maximum absolute atomic E-state index is 2.81. The van der Waals surface area contributed by atoms with Crippen LogP contribution in [0, 0.1) is 0 Å². The Morgan fingerprint density at radius 1 is 1.25 bits per heavy atom. The third-order valence-electron chi connectivity index (χ3n) is 0. The Morgan fingerprint density at radius 2 is 1.25 bits per heavy atom. The normalized spacial score (nSPS) is 1.50. The van der Waals surface area contributed by atoms with Crippen molar-refractivity contribution in [3.05, 3.63) is 0 Å². The van der Waals surface area contributed by atoms with Crippen molar-refractivity contribution in [2.24, 2.45) is 0 Å². The molecule has 0 atom stereocenters. The third kappa shape index (κ3) is 9.22. The van der Waals surface area contributed by atoms with Crippen molar-refractivity contribution < 1.29 is 5.48 Å². The van der Waals surface area contributed by atoms with Crippen LogP contribution in [0.4, 0.5) is 0 Å².